The lowest BCUT2D eigenvalue weighted by atomic mass is 9.77. The average Bonchev–Trinajstić information content (AvgIpc) is 2.46. The minimum absolute atomic E-state index is 0.0912. The third-order valence-electron chi connectivity index (χ3n) is 3.98. The summed E-state index contributed by atoms with van der Waals surface area (Å²) in [7, 11) is 0. The second-order valence-electron chi connectivity index (χ2n) is 6.77. The first-order chi connectivity index (χ1) is 11.3. The van der Waals surface area contributed by atoms with E-state index in [1.54, 1.807) is 6.92 Å². The first-order valence-corrected chi connectivity index (χ1v) is 8.52. The summed E-state index contributed by atoms with van der Waals surface area (Å²) in [5, 5.41) is 0. The minimum atomic E-state index is -0.296. The summed E-state index contributed by atoms with van der Waals surface area (Å²) in [6.07, 6.45) is 17.3. The highest BCUT2D eigenvalue weighted by Gasteiger charge is 2.22. The van der Waals surface area contributed by atoms with Crippen LogP contribution in [0.15, 0.2) is 70.9 Å². The van der Waals surface area contributed by atoms with Crippen LogP contribution in [0.5, 0.6) is 0 Å². The van der Waals surface area contributed by atoms with E-state index in [9.17, 15) is 4.79 Å². The van der Waals surface area contributed by atoms with Crippen LogP contribution < -0.4 is 0 Å². The van der Waals surface area contributed by atoms with Crippen molar-refractivity contribution in [3.8, 4) is 0 Å². The van der Waals surface area contributed by atoms with E-state index >= 15 is 0 Å². The van der Waals surface area contributed by atoms with Crippen molar-refractivity contribution < 1.29 is 9.53 Å². The fraction of sp³-hybridized carbons (Fsp3) is 0.409. The van der Waals surface area contributed by atoms with Crippen molar-refractivity contribution in [1.82, 2.24) is 0 Å². The van der Waals surface area contributed by atoms with Gasteiger partial charge in [0.1, 0.15) is 0 Å². The van der Waals surface area contributed by atoms with Gasteiger partial charge in [-0.1, -0.05) is 67.5 Å². The highest BCUT2D eigenvalue weighted by atomic mass is 16.5. The van der Waals surface area contributed by atoms with Gasteiger partial charge in [0, 0.05) is 11.5 Å². The van der Waals surface area contributed by atoms with Crippen LogP contribution in [0, 0.1) is 5.41 Å². The molecule has 2 nitrogen and oxygen atoms in total. The Morgan fingerprint density at radius 2 is 1.96 bits per heavy atom. The maximum Gasteiger partial charge on any atom is 0.330 e. The quantitative estimate of drug-likeness (QED) is 0.264. The third kappa shape index (κ3) is 6.57. The zero-order chi connectivity index (χ0) is 18.2. The van der Waals surface area contributed by atoms with Gasteiger partial charge in [-0.05, 0) is 45.3 Å². The number of hydrogen-bond acceptors (Lipinski definition) is 2. The number of allylic oxidation sites excluding steroid dienone is 11. The highest BCUT2D eigenvalue weighted by Crippen LogP contribution is 2.36. The molecule has 0 heterocycles. The van der Waals surface area contributed by atoms with E-state index in [1.807, 2.05) is 25.2 Å². The second kappa shape index (κ2) is 9.27. The molecule has 1 rings (SSSR count). The summed E-state index contributed by atoms with van der Waals surface area (Å²) in [4.78, 5) is 11.4. The Labute approximate surface area is 147 Å². The smallest absolute Gasteiger partial charge is 0.330 e. The Bertz CT molecular complexity index is 635. The molecule has 0 aromatic carbocycles. The number of esters is 1. The Morgan fingerprint density at radius 1 is 1.25 bits per heavy atom. The molecule has 130 valence electrons. The van der Waals surface area contributed by atoms with Crippen LogP contribution in [0.2, 0.25) is 0 Å². The van der Waals surface area contributed by atoms with Gasteiger partial charge < -0.3 is 4.74 Å². The van der Waals surface area contributed by atoms with Crippen LogP contribution in [0.3, 0.4) is 0 Å². The first-order valence-electron chi connectivity index (χ1n) is 8.52. The van der Waals surface area contributed by atoms with Crippen molar-refractivity contribution in [1.29, 1.82) is 0 Å². The van der Waals surface area contributed by atoms with Crippen molar-refractivity contribution in [2.45, 2.75) is 48.0 Å². The third-order valence-corrected chi connectivity index (χ3v) is 3.98. The van der Waals surface area contributed by atoms with Crippen LogP contribution in [0.1, 0.15) is 48.0 Å². The molecule has 0 aromatic heterocycles. The molecule has 0 radical (unpaired) electrons. The average molecular weight is 326 g/mol. The van der Waals surface area contributed by atoms with Gasteiger partial charge >= 0.3 is 5.97 Å². The zero-order valence-electron chi connectivity index (χ0n) is 15.8. The SMILES string of the molecule is CCOC(=O)/C=C(C)/C=C/C=C(C)\C=C\C1=C(C)CC=CC1(C)C. The van der Waals surface area contributed by atoms with Gasteiger partial charge in [0.05, 0.1) is 6.61 Å². The lowest BCUT2D eigenvalue weighted by Crippen LogP contribution is -2.14. The van der Waals surface area contributed by atoms with Gasteiger partial charge in [-0.2, -0.15) is 0 Å². The molecule has 0 amide bonds. The molecule has 2 heteroatoms. The van der Waals surface area contributed by atoms with Crippen molar-refractivity contribution in [2.75, 3.05) is 6.61 Å². The zero-order valence-corrected chi connectivity index (χ0v) is 15.8. The molecule has 0 saturated heterocycles. The fourth-order valence-electron chi connectivity index (χ4n) is 2.68. The molecule has 0 N–H and O–H groups in total. The minimum Gasteiger partial charge on any atom is -0.463 e. The molecule has 0 unspecified atom stereocenters. The van der Waals surface area contributed by atoms with Crippen LogP contribution in [-0.2, 0) is 9.53 Å². The van der Waals surface area contributed by atoms with Crippen molar-refractivity contribution in [3.63, 3.8) is 0 Å². The molecule has 0 aromatic rings. The van der Waals surface area contributed by atoms with Crippen LogP contribution in [0.25, 0.3) is 0 Å². The molecular formula is C22H30O2. The molecule has 0 aliphatic heterocycles. The summed E-state index contributed by atoms with van der Waals surface area (Å²) in [6.45, 7) is 12.9. The van der Waals surface area contributed by atoms with Gasteiger partial charge in [-0.25, -0.2) is 4.79 Å². The van der Waals surface area contributed by atoms with Crippen molar-refractivity contribution in [2.24, 2.45) is 5.41 Å². The summed E-state index contributed by atoms with van der Waals surface area (Å²) < 4.78 is 4.89. The molecule has 0 spiro atoms. The Morgan fingerprint density at radius 3 is 2.58 bits per heavy atom. The number of carbonyl (C=O) groups excluding carboxylic acids is 1. The molecule has 24 heavy (non-hydrogen) atoms. The Balaban J connectivity index is 2.74. The number of hydrogen-bond donors (Lipinski definition) is 0. The van der Waals surface area contributed by atoms with Crippen LogP contribution in [-0.4, -0.2) is 12.6 Å². The van der Waals surface area contributed by atoms with Gasteiger partial charge in [0.2, 0.25) is 0 Å². The summed E-state index contributed by atoms with van der Waals surface area (Å²) in [5.74, 6) is -0.296. The Kier molecular flexibility index (Phi) is 7.70. The monoisotopic (exact) mass is 326 g/mol. The van der Waals surface area contributed by atoms with E-state index in [0.717, 1.165) is 12.0 Å². The van der Waals surface area contributed by atoms with Gasteiger partial charge in [-0.3, -0.25) is 0 Å². The summed E-state index contributed by atoms with van der Waals surface area (Å²) >= 11 is 0. The van der Waals surface area contributed by atoms with Gasteiger partial charge in [-0.15, -0.1) is 0 Å². The van der Waals surface area contributed by atoms with E-state index in [0.29, 0.717) is 6.61 Å². The van der Waals surface area contributed by atoms with Crippen LogP contribution >= 0.6 is 0 Å². The highest BCUT2D eigenvalue weighted by molar-refractivity contribution is 5.83. The van der Waals surface area contributed by atoms with Crippen LogP contribution in [0.4, 0.5) is 0 Å². The standard InChI is InChI=1S/C22H30O2/c1-7-24-21(23)16-18(3)11-8-10-17(2)13-14-20-19(4)12-9-15-22(20,5)6/h8-11,13-16H,7,12H2,1-6H3/b11-8+,14-13+,17-10-,18-16+. The molecular weight excluding hydrogens is 296 g/mol. The molecule has 1 aliphatic rings. The Hall–Kier alpha value is -2.09. The van der Waals surface area contributed by atoms with E-state index in [1.165, 1.54) is 22.8 Å². The van der Waals surface area contributed by atoms with Gasteiger partial charge in [0.25, 0.3) is 0 Å². The van der Waals surface area contributed by atoms with E-state index in [-0.39, 0.29) is 11.4 Å². The van der Waals surface area contributed by atoms with Crippen molar-refractivity contribution in [3.05, 3.63) is 70.9 Å². The maximum atomic E-state index is 11.4. The second-order valence-corrected chi connectivity index (χ2v) is 6.77. The molecule has 1 aliphatic carbocycles. The van der Waals surface area contributed by atoms with Crippen molar-refractivity contribution >= 4 is 5.97 Å². The van der Waals surface area contributed by atoms with E-state index in [4.69, 9.17) is 4.74 Å². The summed E-state index contributed by atoms with van der Waals surface area (Å²) in [5.41, 5.74) is 4.95. The number of ether oxygens (including phenoxy) is 1. The predicted octanol–water partition coefficient (Wildman–Crippen LogP) is 5.86. The van der Waals surface area contributed by atoms with Gasteiger partial charge in [0.15, 0.2) is 0 Å². The largest absolute Gasteiger partial charge is 0.463 e. The molecule has 0 bridgehead atoms. The topological polar surface area (TPSA) is 26.3 Å². The molecule has 0 saturated carbocycles. The molecule has 0 atom stereocenters. The first kappa shape index (κ1) is 20.0. The molecule has 0 fully saturated rings. The lowest BCUT2D eigenvalue weighted by molar-refractivity contribution is -0.137. The summed E-state index contributed by atoms with van der Waals surface area (Å²) in [6, 6.07) is 0. The number of carbonyl (C=O) groups is 1. The van der Waals surface area contributed by atoms with E-state index < -0.39 is 0 Å². The normalized spacial score (nSPS) is 18.8. The fourth-order valence-corrected chi connectivity index (χ4v) is 2.68. The lowest BCUT2D eigenvalue weighted by Gasteiger charge is -2.28. The number of rotatable bonds is 6. The maximum absolute atomic E-state index is 11.4. The predicted molar refractivity (Wildman–Crippen MR) is 103 cm³/mol. The van der Waals surface area contributed by atoms with E-state index in [2.05, 4.69) is 52.0 Å².